The van der Waals surface area contributed by atoms with Gasteiger partial charge in [0.05, 0.1) is 16.3 Å². The molecule has 0 spiro atoms. The zero-order valence-corrected chi connectivity index (χ0v) is 18.4. The Bertz CT molecular complexity index is 1470. The predicted octanol–water partition coefficient (Wildman–Crippen LogP) is 4.40. The Kier molecular flexibility index (Phi) is 5.17. The molecule has 0 unspecified atom stereocenters. The Morgan fingerprint density at radius 1 is 0.909 bits per heavy atom. The van der Waals surface area contributed by atoms with Crippen molar-refractivity contribution in [3.8, 4) is 28.4 Å². The Morgan fingerprint density at radius 2 is 1.70 bits per heavy atom. The van der Waals surface area contributed by atoms with Crippen LogP contribution in [0, 0.1) is 13.8 Å². The van der Waals surface area contributed by atoms with Crippen LogP contribution in [0.5, 0.6) is 17.2 Å². The van der Waals surface area contributed by atoms with E-state index in [-0.39, 0.29) is 18.0 Å². The zero-order chi connectivity index (χ0) is 23.1. The first kappa shape index (κ1) is 20.9. The third kappa shape index (κ3) is 3.76. The van der Waals surface area contributed by atoms with Crippen LogP contribution in [0.1, 0.15) is 21.9 Å². The number of fused-ring (bicyclic) bond motifs is 2. The van der Waals surface area contributed by atoms with Crippen LogP contribution in [-0.2, 0) is 0 Å². The first-order chi connectivity index (χ1) is 15.9. The van der Waals surface area contributed by atoms with Crippen molar-refractivity contribution >= 4 is 29.5 Å². The fraction of sp³-hybridized carbons (Fsp3) is 0.154. The molecule has 0 atom stereocenters. The van der Waals surface area contributed by atoms with Crippen molar-refractivity contribution in [3.05, 3.63) is 81.9 Å². The van der Waals surface area contributed by atoms with Crippen LogP contribution >= 0.6 is 0 Å². The molecule has 0 N–H and O–H groups in total. The highest BCUT2D eigenvalue weighted by atomic mass is 16.7. The number of aryl methyl sites for hydroxylation is 2. The van der Waals surface area contributed by atoms with E-state index in [1.165, 1.54) is 6.07 Å². The van der Waals surface area contributed by atoms with E-state index < -0.39 is 5.97 Å². The number of furan rings is 1. The van der Waals surface area contributed by atoms with Gasteiger partial charge >= 0.3 is 5.97 Å². The molecule has 0 aliphatic carbocycles. The van der Waals surface area contributed by atoms with Gasteiger partial charge in [0.1, 0.15) is 24.5 Å². The number of benzene rings is 2. The molecule has 33 heavy (non-hydrogen) atoms. The molecule has 1 aromatic heterocycles. The number of ether oxygens (including phenoxy) is 3. The second-order valence-electron chi connectivity index (χ2n) is 7.81. The normalized spacial score (nSPS) is 12.1. The van der Waals surface area contributed by atoms with E-state index in [1.54, 1.807) is 50.2 Å². The van der Waals surface area contributed by atoms with Gasteiger partial charge in [-0.2, -0.15) is 0 Å². The van der Waals surface area contributed by atoms with Crippen LogP contribution in [0.4, 0.5) is 0 Å². The predicted molar refractivity (Wildman–Crippen MR) is 126 cm³/mol. The highest BCUT2D eigenvalue weighted by molar-refractivity contribution is 6.52. The molecular formula is C26H20BO6. The van der Waals surface area contributed by atoms with E-state index in [0.717, 1.165) is 11.0 Å². The van der Waals surface area contributed by atoms with E-state index in [4.69, 9.17) is 18.6 Å². The van der Waals surface area contributed by atoms with Gasteiger partial charge in [-0.3, -0.25) is 4.79 Å². The number of esters is 1. The van der Waals surface area contributed by atoms with Gasteiger partial charge in [-0.25, -0.2) is 4.79 Å². The summed E-state index contributed by atoms with van der Waals surface area (Å²) in [5.74, 6) is 1.95. The van der Waals surface area contributed by atoms with Gasteiger partial charge in [0.2, 0.25) is 6.79 Å². The second kappa shape index (κ2) is 8.17. The molecule has 7 heteroatoms. The molecule has 1 radical (unpaired) electrons. The summed E-state index contributed by atoms with van der Waals surface area (Å²) in [7, 11) is 1.91. The maximum atomic E-state index is 13.2. The van der Waals surface area contributed by atoms with E-state index in [0.29, 0.717) is 44.9 Å². The van der Waals surface area contributed by atoms with Crippen LogP contribution in [-0.4, -0.2) is 20.0 Å². The minimum atomic E-state index is -0.520. The van der Waals surface area contributed by atoms with E-state index in [1.807, 2.05) is 26.2 Å². The highest BCUT2D eigenvalue weighted by Gasteiger charge is 2.20. The van der Waals surface area contributed by atoms with E-state index in [9.17, 15) is 9.59 Å². The van der Waals surface area contributed by atoms with Gasteiger partial charge in [-0.1, -0.05) is 36.6 Å². The lowest BCUT2D eigenvalue weighted by molar-refractivity contribution is 0.0737. The van der Waals surface area contributed by atoms with Crippen LogP contribution in [0.2, 0.25) is 6.82 Å². The molecule has 163 valence electrons. The number of rotatable bonds is 4. The number of hydrogen-bond acceptors (Lipinski definition) is 6. The van der Waals surface area contributed by atoms with Crippen molar-refractivity contribution in [1.82, 2.24) is 0 Å². The lowest BCUT2D eigenvalue weighted by Gasteiger charge is -2.07. The van der Waals surface area contributed by atoms with Crippen LogP contribution in [0.25, 0.3) is 21.9 Å². The van der Waals surface area contributed by atoms with Crippen LogP contribution < -0.4 is 25.1 Å². The van der Waals surface area contributed by atoms with Gasteiger partial charge in [0, 0.05) is 0 Å². The van der Waals surface area contributed by atoms with Gasteiger partial charge in [0.15, 0.2) is 16.9 Å². The Hall–Kier alpha value is -4.00. The van der Waals surface area contributed by atoms with Crippen molar-refractivity contribution in [3.63, 3.8) is 0 Å². The SMILES string of the molecule is C[B]c1cccc(C(=O)Oc2cc(-c3ccc4c(c3)OCO4)cc(=O)c3c(C)oc(C)c23)c1. The summed E-state index contributed by atoms with van der Waals surface area (Å²) in [5, 5.41) is 0.869. The topological polar surface area (TPSA) is 75.0 Å². The molecule has 2 heterocycles. The minimum absolute atomic E-state index is 0.152. The van der Waals surface area contributed by atoms with Crippen LogP contribution in [0.3, 0.4) is 0 Å². The summed E-state index contributed by atoms with van der Waals surface area (Å²) in [4.78, 5) is 26.2. The van der Waals surface area contributed by atoms with Crippen LogP contribution in [0.15, 0.2) is 63.8 Å². The molecular weight excluding hydrogens is 419 g/mol. The molecule has 6 nitrogen and oxygen atoms in total. The molecule has 0 bridgehead atoms. The maximum absolute atomic E-state index is 13.2. The zero-order valence-electron chi connectivity index (χ0n) is 18.4. The highest BCUT2D eigenvalue weighted by Crippen LogP contribution is 2.38. The number of carbonyl (C=O) groups is 1. The lowest BCUT2D eigenvalue weighted by Crippen LogP contribution is -2.15. The van der Waals surface area contributed by atoms with Crippen molar-refractivity contribution in [2.75, 3.05) is 6.79 Å². The summed E-state index contributed by atoms with van der Waals surface area (Å²) in [5.41, 5.74) is 2.42. The fourth-order valence-electron chi connectivity index (χ4n) is 4.07. The van der Waals surface area contributed by atoms with E-state index >= 15 is 0 Å². The number of hydrogen-bond donors (Lipinski definition) is 0. The first-order valence-electron chi connectivity index (χ1n) is 10.5. The summed E-state index contributed by atoms with van der Waals surface area (Å²) in [6.07, 6.45) is 0. The molecule has 0 amide bonds. The van der Waals surface area contributed by atoms with Crippen molar-refractivity contribution < 1.29 is 23.4 Å². The van der Waals surface area contributed by atoms with Gasteiger partial charge in [-0.05, 0) is 55.3 Å². The fourth-order valence-corrected chi connectivity index (χ4v) is 4.07. The monoisotopic (exact) mass is 439 g/mol. The lowest BCUT2D eigenvalue weighted by atomic mass is 9.73. The van der Waals surface area contributed by atoms with Gasteiger partial charge < -0.3 is 18.6 Å². The first-order valence-corrected chi connectivity index (χ1v) is 10.5. The third-order valence-electron chi connectivity index (χ3n) is 5.69. The van der Waals surface area contributed by atoms with Crippen molar-refractivity contribution in [1.29, 1.82) is 0 Å². The van der Waals surface area contributed by atoms with Gasteiger partial charge in [0.25, 0.3) is 0 Å². The van der Waals surface area contributed by atoms with Crippen molar-refractivity contribution in [2.45, 2.75) is 20.7 Å². The average molecular weight is 439 g/mol. The molecule has 5 rings (SSSR count). The maximum Gasteiger partial charge on any atom is 0.343 e. The third-order valence-corrected chi connectivity index (χ3v) is 5.69. The molecule has 1 aliphatic rings. The Balaban J connectivity index is 1.68. The summed E-state index contributed by atoms with van der Waals surface area (Å²) in [6, 6.07) is 15.8. The van der Waals surface area contributed by atoms with E-state index in [2.05, 4.69) is 0 Å². The quantitative estimate of drug-likeness (QED) is 0.347. The molecule has 4 aromatic rings. The largest absolute Gasteiger partial charge is 0.465 e. The Labute approximate surface area is 191 Å². The molecule has 0 fully saturated rings. The smallest absolute Gasteiger partial charge is 0.343 e. The molecule has 0 saturated heterocycles. The minimum Gasteiger partial charge on any atom is -0.465 e. The summed E-state index contributed by atoms with van der Waals surface area (Å²) < 4.78 is 22.5. The molecule has 0 saturated carbocycles. The number of carbonyl (C=O) groups excluding carboxylic acids is 1. The standard InChI is InChI=1S/C26H20BO6/c1-14-24-20(28)10-18(16-7-8-21-22(11-16)31-13-30-21)12-23(25(24)15(2)32-14)33-26(29)17-5-4-6-19(9-17)27-3/h4-12H,13H2,1-3H3. The Morgan fingerprint density at radius 3 is 2.52 bits per heavy atom. The molecule has 3 aromatic carbocycles. The average Bonchev–Trinajstić information content (AvgIpc) is 3.36. The van der Waals surface area contributed by atoms with Crippen molar-refractivity contribution in [2.24, 2.45) is 0 Å². The summed E-state index contributed by atoms with van der Waals surface area (Å²) in [6.45, 7) is 5.53. The summed E-state index contributed by atoms with van der Waals surface area (Å²) >= 11 is 0. The molecule has 1 aliphatic heterocycles. The second-order valence-corrected chi connectivity index (χ2v) is 7.81. The van der Waals surface area contributed by atoms with Gasteiger partial charge in [-0.15, -0.1) is 0 Å².